The van der Waals surface area contributed by atoms with Crippen LogP contribution in [0, 0.1) is 0 Å². The van der Waals surface area contributed by atoms with E-state index < -0.39 is 9.84 Å². The SMILES string of the molecule is CCC(NC1CCS(=O)(=O)C1)C(N)=NO. The van der Waals surface area contributed by atoms with Gasteiger partial charge in [0.1, 0.15) is 0 Å². The Morgan fingerprint density at radius 3 is 2.80 bits per heavy atom. The first kappa shape index (κ1) is 12.3. The van der Waals surface area contributed by atoms with Gasteiger partial charge in [-0.3, -0.25) is 0 Å². The van der Waals surface area contributed by atoms with Crippen LogP contribution in [0.15, 0.2) is 5.16 Å². The summed E-state index contributed by atoms with van der Waals surface area (Å²) in [7, 11) is -2.89. The number of hydrogen-bond acceptors (Lipinski definition) is 5. The zero-order chi connectivity index (χ0) is 11.5. The first-order valence-corrected chi connectivity index (χ1v) is 6.74. The molecule has 0 aromatic heterocycles. The normalized spacial score (nSPS) is 27.8. The molecule has 1 heterocycles. The summed E-state index contributed by atoms with van der Waals surface area (Å²) >= 11 is 0. The third kappa shape index (κ3) is 3.35. The van der Waals surface area contributed by atoms with Crippen molar-refractivity contribution in [2.45, 2.75) is 31.8 Å². The van der Waals surface area contributed by atoms with Crippen molar-refractivity contribution in [1.82, 2.24) is 5.32 Å². The maximum atomic E-state index is 11.2. The third-order valence-corrected chi connectivity index (χ3v) is 4.32. The minimum absolute atomic E-state index is 0.0831. The maximum absolute atomic E-state index is 11.2. The van der Waals surface area contributed by atoms with E-state index in [0.29, 0.717) is 12.8 Å². The van der Waals surface area contributed by atoms with E-state index in [-0.39, 0.29) is 29.4 Å². The fourth-order valence-corrected chi connectivity index (χ4v) is 3.38. The maximum Gasteiger partial charge on any atom is 0.156 e. The number of oxime groups is 1. The summed E-state index contributed by atoms with van der Waals surface area (Å²) in [6.45, 7) is 1.89. The molecule has 7 heteroatoms. The largest absolute Gasteiger partial charge is 0.409 e. The lowest BCUT2D eigenvalue weighted by Gasteiger charge is -2.19. The van der Waals surface area contributed by atoms with Gasteiger partial charge in [-0.05, 0) is 12.8 Å². The van der Waals surface area contributed by atoms with Crippen LogP contribution in [0.1, 0.15) is 19.8 Å². The lowest BCUT2D eigenvalue weighted by atomic mass is 10.1. The van der Waals surface area contributed by atoms with Gasteiger partial charge in [-0.15, -0.1) is 0 Å². The molecule has 0 aromatic rings. The second-order valence-corrected chi connectivity index (χ2v) is 5.98. The summed E-state index contributed by atoms with van der Waals surface area (Å²) in [5.74, 6) is 0.459. The molecule has 0 saturated carbocycles. The average Bonchev–Trinajstić information content (AvgIpc) is 2.53. The molecular formula is C8H17N3O3S. The molecule has 1 saturated heterocycles. The predicted octanol–water partition coefficient (Wildman–Crippen LogP) is -0.712. The minimum atomic E-state index is -2.89. The molecule has 88 valence electrons. The van der Waals surface area contributed by atoms with E-state index in [9.17, 15) is 8.42 Å². The van der Waals surface area contributed by atoms with Gasteiger partial charge in [0.15, 0.2) is 15.7 Å². The number of nitrogens with two attached hydrogens (primary N) is 1. The van der Waals surface area contributed by atoms with Crippen molar-refractivity contribution >= 4 is 15.7 Å². The van der Waals surface area contributed by atoms with Crippen LogP contribution in [0.25, 0.3) is 0 Å². The summed E-state index contributed by atoms with van der Waals surface area (Å²) in [4.78, 5) is 0. The topological polar surface area (TPSA) is 105 Å². The van der Waals surface area contributed by atoms with E-state index in [1.165, 1.54) is 0 Å². The molecule has 0 radical (unpaired) electrons. The summed E-state index contributed by atoms with van der Waals surface area (Å²) in [6, 6.07) is -0.339. The van der Waals surface area contributed by atoms with Crippen LogP contribution in [0.3, 0.4) is 0 Å². The standard InChI is InChI=1S/C8H17N3O3S/c1-2-7(8(9)11-12)10-6-3-4-15(13,14)5-6/h6-7,10,12H,2-5H2,1H3,(H2,9,11). The van der Waals surface area contributed by atoms with Crippen molar-refractivity contribution in [3.8, 4) is 0 Å². The van der Waals surface area contributed by atoms with Crippen molar-refractivity contribution in [1.29, 1.82) is 0 Å². The Morgan fingerprint density at radius 2 is 2.40 bits per heavy atom. The lowest BCUT2D eigenvalue weighted by Crippen LogP contribution is -2.46. The Kier molecular flexibility index (Phi) is 3.92. The van der Waals surface area contributed by atoms with E-state index >= 15 is 0 Å². The van der Waals surface area contributed by atoms with E-state index in [4.69, 9.17) is 10.9 Å². The molecule has 1 aliphatic heterocycles. The van der Waals surface area contributed by atoms with Gasteiger partial charge < -0.3 is 16.3 Å². The molecule has 0 bridgehead atoms. The van der Waals surface area contributed by atoms with Crippen LogP contribution in [0.5, 0.6) is 0 Å². The van der Waals surface area contributed by atoms with Crippen LogP contribution in [-0.4, -0.2) is 43.1 Å². The molecule has 0 aliphatic carbocycles. The summed E-state index contributed by atoms with van der Waals surface area (Å²) in [5, 5.41) is 14.5. The van der Waals surface area contributed by atoms with Crippen LogP contribution in [-0.2, 0) is 9.84 Å². The highest BCUT2D eigenvalue weighted by Crippen LogP contribution is 2.12. The molecule has 15 heavy (non-hydrogen) atoms. The van der Waals surface area contributed by atoms with E-state index in [2.05, 4.69) is 10.5 Å². The quantitative estimate of drug-likeness (QED) is 0.258. The summed E-state index contributed by atoms with van der Waals surface area (Å²) in [6.07, 6.45) is 1.25. The molecular weight excluding hydrogens is 218 g/mol. The first-order chi connectivity index (χ1) is 6.98. The van der Waals surface area contributed by atoms with Crippen LogP contribution < -0.4 is 11.1 Å². The van der Waals surface area contributed by atoms with Gasteiger partial charge >= 0.3 is 0 Å². The molecule has 4 N–H and O–H groups in total. The molecule has 1 aliphatic rings. The van der Waals surface area contributed by atoms with Gasteiger partial charge in [0.25, 0.3) is 0 Å². The molecule has 2 unspecified atom stereocenters. The fraction of sp³-hybridized carbons (Fsp3) is 0.875. The van der Waals surface area contributed by atoms with Crippen LogP contribution in [0.2, 0.25) is 0 Å². The highest BCUT2D eigenvalue weighted by Gasteiger charge is 2.29. The number of nitrogens with zero attached hydrogens (tertiary/aromatic N) is 1. The van der Waals surface area contributed by atoms with Gasteiger partial charge in [-0.1, -0.05) is 12.1 Å². The van der Waals surface area contributed by atoms with Crippen molar-refractivity contribution in [3.63, 3.8) is 0 Å². The second-order valence-electron chi connectivity index (χ2n) is 3.75. The summed E-state index contributed by atoms with van der Waals surface area (Å²) < 4.78 is 22.4. The first-order valence-electron chi connectivity index (χ1n) is 4.92. The predicted molar refractivity (Wildman–Crippen MR) is 57.7 cm³/mol. The molecule has 2 atom stereocenters. The zero-order valence-corrected chi connectivity index (χ0v) is 9.50. The number of rotatable bonds is 4. The Labute approximate surface area is 89.4 Å². The fourth-order valence-electron chi connectivity index (χ4n) is 1.69. The highest BCUT2D eigenvalue weighted by molar-refractivity contribution is 7.91. The highest BCUT2D eigenvalue weighted by atomic mass is 32.2. The molecule has 6 nitrogen and oxygen atoms in total. The molecule has 1 rings (SSSR count). The van der Waals surface area contributed by atoms with Gasteiger partial charge in [0.05, 0.1) is 17.5 Å². The van der Waals surface area contributed by atoms with Gasteiger partial charge in [0, 0.05) is 6.04 Å². The van der Waals surface area contributed by atoms with Crippen molar-refractivity contribution in [2.75, 3.05) is 11.5 Å². The number of hydrogen-bond donors (Lipinski definition) is 3. The second kappa shape index (κ2) is 4.80. The third-order valence-electron chi connectivity index (χ3n) is 2.55. The monoisotopic (exact) mass is 235 g/mol. The number of amidine groups is 1. The van der Waals surface area contributed by atoms with Crippen molar-refractivity contribution in [3.05, 3.63) is 0 Å². The van der Waals surface area contributed by atoms with Gasteiger partial charge in [0.2, 0.25) is 0 Å². The van der Waals surface area contributed by atoms with Gasteiger partial charge in [-0.2, -0.15) is 0 Å². The summed E-state index contributed by atoms with van der Waals surface area (Å²) in [5.41, 5.74) is 5.46. The molecule has 0 aromatic carbocycles. The minimum Gasteiger partial charge on any atom is -0.409 e. The Morgan fingerprint density at radius 1 is 1.73 bits per heavy atom. The van der Waals surface area contributed by atoms with Crippen molar-refractivity contribution < 1.29 is 13.6 Å². The van der Waals surface area contributed by atoms with E-state index in [1.807, 2.05) is 6.92 Å². The van der Waals surface area contributed by atoms with Crippen LogP contribution in [0.4, 0.5) is 0 Å². The smallest absolute Gasteiger partial charge is 0.156 e. The Hall–Kier alpha value is -0.820. The van der Waals surface area contributed by atoms with E-state index in [1.54, 1.807) is 0 Å². The molecule has 1 fully saturated rings. The zero-order valence-electron chi connectivity index (χ0n) is 8.68. The molecule has 0 amide bonds. The van der Waals surface area contributed by atoms with Crippen molar-refractivity contribution in [2.24, 2.45) is 10.9 Å². The average molecular weight is 235 g/mol. The van der Waals surface area contributed by atoms with E-state index in [0.717, 1.165) is 0 Å². The molecule has 0 spiro atoms. The Bertz CT molecular complexity index is 339. The van der Waals surface area contributed by atoms with Gasteiger partial charge in [-0.25, -0.2) is 8.42 Å². The lowest BCUT2D eigenvalue weighted by molar-refractivity contribution is 0.313. The number of sulfone groups is 1. The Balaban J connectivity index is 2.55. The number of nitrogens with one attached hydrogen (secondary N) is 1. The van der Waals surface area contributed by atoms with Crippen LogP contribution >= 0.6 is 0 Å².